The quantitative estimate of drug-likeness (QED) is 0.440. The molecule has 2 N–H and O–H groups in total. The summed E-state index contributed by atoms with van der Waals surface area (Å²) in [7, 11) is 2.90. The zero-order valence-electron chi connectivity index (χ0n) is 17.4. The highest BCUT2D eigenvalue weighted by Crippen LogP contribution is 2.36. The van der Waals surface area contributed by atoms with Crippen LogP contribution in [-0.2, 0) is 9.53 Å². The number of benzene rings is 3. The van der Waals surface area contributed by atoms with Gasteiger partial charge in [0.15, 0.2) is 0 Å². The Bertz CT molecular complexity index is 1290. The molecule has 1 aromatic heterocycles. The van der Waals surface area contributed by atoms with Crippen molar-refractivity contribution in [2.24, 2.45) is 0 Å². The van der Waals surface area contributed by atoms with E-state index in [1.165, 1.54) is 7.11 Å². The number of furan rings is 1. The normalized spacial score (nSPS) is 10.8. The van der Waals surface area contributed by atoms with Crippen LogP contribution in [0.5, 0.6) is 5.75 Å². The number of carbonyl (C=O) groups is 2. The Balaban J connectivity index is 1.53. The molecule has 0 aliphatic heterocycles. The first-order valence-electron chi connectivity index (χ1n) is 9.72. The van der Waals surface area contributed by atoms with E-state index in [1.54, 1.807) is 25.3 Å². The van der Waals surface area contributed by atoms with Crippen LogP contribution in [0, 0.1) is 6.92 Å². The topological polar surface area (TPSA) is 89.8 Å². The average molecular weight is 418 g/mol. The van der Waals surface area contributed by atoms with E-state index in [0.717, 1.165) is 21.9 Å². The fraction of sp³-hybridized carbons (Fsp3) is 0.167. The van der Waals surface area contributed by atoms with E-state index in [9.17, 15) is 9.59 Å². The molecule has 4 rings (SSSR count). The van der Waals surface area contributed by atoms with Gasteiger partial charge in [-0.15, -0.1) is 0 Å². The number of carbonyl (C=O) groups excluding carboxylic acids is 2. The summed E-state index contributed by atoms with van der Waals surface area (Å²) >= 11 is 0. The van der Waals surface area contributed by atoms with Crippen LogP contribution < -0.4 is 15.4 Å². The Morgan fingerprint density at radius 3 is 2.52 bits per heavy atom. The number of hydrogen-bond acceptors (Lipinski definition) is 6. The lowest BCUT2D eigenvalue weighted by Crippen LogP contribution is -2.22. The van der Waals surface area contributed by atoms with Gasteiger partial charge in [0.1, 0.15) is 16.9 Å². The van der Waals surface area contributed by atoms with Crippen LogP contribution in [0.4, 0.5) is 11.4 Å². The number of amides is 1. The number of hydrogen-bond donors (Lipinski definition) is 2. The van der Waals surface area contributed by atoms with Crippen LogP contribution in [0.3, 0.4) is 0 Å². The molecule has 0 saturated heterocycles. The van der Waals surface area contributed by atoms with E-state index in [-0.39, 0.29) is 12.5 Å². The third-order valence-electron chi connectivity index (χ3n) is 5.07. The standard InChI is InChI=1S/C24H22N2O5/c1-14-8-9-15(24(28)30-3)10-18(14)26-23(27)13-25-19-12-21-17(11-22(19)29-2)16-6-4-5-7-20(16)31-21/h4-12,25H,13H2,1-3H3,(H,26,27). The summed E-state index contributed by atoms with van der Waals surface area (Å²) in [5.41, 5.74) is 3.89. The largest absolute Gasteiger partial charge is 0.495 e. The van der Waals surface area contributed by atoms with Gasteiger partial charge < -0.3 is 24.5 Å². The van der Waals surface area contributed by atoms with Crippen LogP contribution >= 0.6 is 0 Å². The molecule has 0 unspecified atom stereocenters. The smallest absolute Gasteiger partial charge is 0.337 e. The Kier molecular flexibility index (Phi) is 5.49. The highest BCUT2D eigenvalue weighted by molar-refractivity contribution is 6.07. The summed E-state index contributed by atoms with van der Waals surface area (Å²) in [6.07, 6.45) is 0. The molecule has 4 aromatic rings. The average Bonchev–Trinajstić information content (AvgIpc) is 3.15. The maximum Gasteiger partial charge on any atom is 0.337 e. The fourth-order valence-corrected chi connectivity index (χ4v) is 3.43. The molecule has 7 heteroatoms. The minimum atomic E-state index is -0.461. The van der Waals surface area contributed by atoms with E-state index in [4.69, 9.17) is 13.9 Å². The maximum absolute atomic E-state index is 12.5. The predicted molar refractivity (Wildman–Crippen MR) is 120 cm³/mol. The number of aryl methyl sites for hydroxylation is 1. The van der Waals surface area contributed by atoms with E-state index in [1.807, 2.05) is 43.3 Å². The van der Waals surface area contributed by atoms with Crippen molar-refractivity contribution in [1.82, 2.24) is 0 Å². The number of rotatable bonds is 6. The molecule has 0 radical (unpaired) electrons. The van der Waals surface area contributed by atoms with E-state index >= 15 is 0 Å². The predicted octanol–water partition coefficient (Wildman–Crippen LogP) is 4.74. The van der Waals surface area contributed by atoms with Crippen molar-refractivity contribution in [3.8, 4) is 5.75 Å². The van der Waals surface area contributed by atoms with Gasteiger partial charge in [-0.1, -0.05) is 24.3 Å². The SMILES string of the molecule is COC(=O)c1ccc(C)c(NC(=O)CNc2cc3oc4ccccc4c3cc2OC)c1. The van der Waals surface area contributed by atoms with E-state index in [2.05, 4.69) is 10.6 Å². The summed E-state index contributed by atoms with van der Waals surface area (Å²) in [5, 5.41) is 7.87. The van der Waals surface area contributed by atoms with Crippen molar-refractivity contribution >= 4 is 45.2 Å². The number of esters is 1. The molecular weight excluding hydrogens is 396 g/mol. The van der Waals surface area contributed by atoms with E-state index < -0.39 is 5.97 Å². The lowest BCUT2D eigenvalue weighted by molar-refractivity contribution is -0.114. The van der Waals surface area contributed by atoms with Gasteiger partial charge in [0, 0.05) is 22.5 Å². The van der Waals surface area contributed by atoms with Crippen molar-refractivity contribution in [2.75, 3.05) is 31.4 Å². The van der Waals surface area contributed by atoms with Gasteiger partial charge in [-0.25, -0.2) is 4.79 Å². The van der Waals surface area contributed by atoms with Crippen LogP contribution in [-0.4, -0.2) is 32.6 Å². The molecule has 0 aliphatic rings. The van der Waals surface area contributed by atoms with Crippen molar-refractivity contribution in [1.29, 1.82) is 0 Å². The molecule has 0 spiro atoms. The Labute approximate surface area is 178 Å². The second-order valence-electron chi connectivity index (χ2n) is 7.07. The minimum absolute atomic E-state index is 0.00396. The summed E-state index contributed by atoms with van der Waals surface area (Å²) in [6.45, 7) is 1.85. The van der Waals surface area contributed by atoms with Gasteiger partial charge >= 0.3 is 5.97 Å². The molecule has 3 aromatic carbocycles. The number of methoxy groups -OCH3 is 2. The Morgan fingerprint density at radius 2 is 1.74 bits per heavy atom. The molecular formula is C24H22N2O5. The van der Waals surface area contributed by atoms with E-state index in [0.29, 0.717) is 28.3 Å². The van der Waals surface area contributed by atoms with Crippen molar-refractivity contribution < 1.29 is 23.5 Å². The number of anilines is 2. The van der Waals surface area contributed by atoms with Gasteiger partial charge in [0.05, 0.1) is 32.0 Å². The first kappa shape index (κ1) is 20.3. The molecule has 1 amide bonds. The number of para-hydroxylation sites is 1. The number of fused-ring (bicyclic) bond motifs is 3. The lowest BCUT2D eigenvalue weighted by Gasteiger charge is -2.13. The monoisotopic (exact) mass is 418 g/mol. The third kappa shape index (κ3) is 4.02. The lowest BCUT2D eigenvalue weighted by atomic mass is 10.1. The molecule has 31 heavy (non-hydrogen) atoms. The van der Waals surface area contributed by atoms with Gasteiger partial charge in [-0.2, -0.15) is 0 Å². The molecule has 158 valence electrons. The molecule has 7 nitrogen and oxygen atoms in total. The van der Waals surface area contributed by atoms with Crippen molar-refractivity contribution in [3.05, 3.63) is 65.7 Å². The molecule has 0 bridgehead atoms. The van der Waals surface area contributed by atoms with Crippen LogP contribution in [0.25, 0.3) is 21.9 Å². The third-order valence-corrected chi connectivity index (χ3v) is 5.07. The first-order valence-corrected chi connectivity index (χ1v) is 9.72. The molecule has 1 heterocycles. The maximum atomic E-state index is 12.5. The van der Waals surface area contributed by atoms with Crippen LogP contribution in [0.2, 0.25) is 0 Å². The van der Waals surface area contributed by atoms with Gasteiger partial charge in [-0.05, 0) is 36.8 Å². The molecule has 0 atom stereocenters. The number of ether oxygens (including phenoxy) is 2. The fourth-order valence-electron chi connectivity index (χ4n) is 3.43. The van der Waals surface area contributed by atoms with Crippen LogP contribution in [0.15, 0.2) is 59.0 Å². The number of nitrogens with one attached hydrogen (secondary N) is 2. The summed E-state index contributed by atoms with van der Waals surface area (Å²) < 4.78 is 16.2. The van der Waals surface area contributed by atoms with Gasteiger partial charge in [-0.3, -0.25) is 4.79 Å². The zero-order chi connectivity index (χ0) is 22.0. The molecule has 0 fully saturated rings. The summed E-state index contributed by atoms with van der Waals surface area (Å²) in [4.78, 5) is 24.3. The first-order chi connectivity index (χ1) is 15.0. The van der Waals surface area contributed by atoms with Crippen LogP contribution in [0.1, 0.15) is 15.9 Å². The van der Waals surface area contributed by atoms with Crippen molar-refractivity contribution in [3.63, 3.8) is 0 Å². The summed E-state index contributed by atoms with van der Waals surface area (Å²) in [5.74, 6) is -0.120. The highest BCUT2D eigenvalue weighted by Gasteiger charge is 2.14. The second-order valence-corrected chi connectivity index (χ2v) is 7.07. The Morgan fingerprint density at radius 1 is 0.935 bits per heavy atom. The second kappa shape index (κ2) is 8.39. The van der Waals surface area contributed by atoms with Gasteiger partial charge in [0.25, 0.3) is 0 Å². The zero-order valence-corrected chi connectivity index (χ0v) is 17.4. The highest BCUT2D eigenvalue weighted by atomic mass is 16.5. The Hall–Kier alpha value is -4.00. The van der Waals surface area contributed by atoms with Gasteiger partial charge in [0.2, 0.25) is 5.91 Å². The molecule has 0 saturated carbocycles. The van der Waals surface area contributed by atoms with Crippen molar-refractivity contribution in [2.45, 2.75) is 6.92 Å². The summed E-state index contributed by atoms with van der Waals surface area (Å²) in [6, 6.07) is 16.5. The minimum Gasteiger partial charge on any atom is -0.495 e. The molecule has 0 aliphatic carbocycles.